The van der Waals surface area contributed by atoms with E-state index >= 15 is 0 Å². The zero-order chi connectivity index (χ0) is 18.8. The molecule has 1 saturated heterocycles. The third-order valence-corrected chi connectivity index (χ3v) is 7.21. The Kier molecular flexibility index (Phi) is 4.37. The van der Waals surface area contributed by atoms with Gasteiger partial charge in [-0.15, -0.1) is 0 Å². The summed E-state index contributed by atoms with van der Waals surface area (Å²) in [6, 6.07) is 0. The number of fused-ring (bicyclic) bond motifs is 2. The van der Waals surface area contributed by atoms with Crippen LogP contribution < -0.4 is 0 Å². The lowest BCUT2D eigenvalue weighted by Crippen LogP contribution is -2.53. The first-order valence-corrected chi connectivity index (χ1v) is 9.42. The number of rotatable bonds is 3. The first-order valence-electron chi connectivity index (χ1n) is 9.42. The molecule has 5 nitrogen and oxygen atoms in total. The van der Waals surface area contributed by atoms with Crippen LogP contribution in [-0.2, 0) is 14.3 Å². The maximum atomic E-state index is 12.5. The van der Waals surface area contributed by atoms with Crippen LogP contribution in [0.2, 0.25) is 0 Å². The molecule has 0 aromatic rings. The fourth-order valence-corrected chi connectivity index (χ4v) is 5.22. The van der Waals surface area contributed by atoms with Crippen LogP contribution in [0.5, 0.6) is 0 Å². The Labute approximate surface area is 150 Å². The van der Waals surface area contributed by atoms with Gasteiger partial charge in [-0.3, -0.25) is 0 Å². The van der Waals surface area contributed by atoms with E-state index in [1.807, 2.05) is 27.7 Å². The van der Waals surface area contributed by atoms with E-state index in [9.17, 15) is 15.0 Å². The molecule has 3 fully saturated rings. The number of aliphatic hydroxyl groups is 2. The Morgan fingerprint density at radius 1 is 1.32 bits per heavy atom. The first-order chi connectivity index (χ1) is 11.5. The summed E-state index contributed by atoms with van der Waals surface area (Å²) < 4.78 is 11.7. The number of epoxide rings is 1. The van der Waals surface area contributed by atoms with Crippen molar-refractivity contribution < 1.29 is 24.5 Å². The molecule has 7 atom stereocenters. The molecule has 3 rings (SSSR count). The Hall–Kier alpha value is -0.910. The molecule has 25 heavy (non-hydrogen) atoms. The largest absolute Gasteiger partial charge is 0.458 e. The molecule has 1 heterocycles. The third kappa shape index (κ3) is 2.66. The maximum Gasteiger partial charge on any atom is 0.333 e. The molecule has 0 aromatic carbocycles. The van der Waals surface area contributed by atoms with E-state index in [-0.39, 0.29) is 23.9 Å². The molecule has 2 saturated carbocycles. The van der Waals surface area contributed by atoms with Crippen LogP contribution in [0.25, 0.3) is 0 Å². The molecule has 7 unspecified atom stereocenters. The Balaban J connectivity index is 2.02. The number of esters is 1. The average Bonchev–Trinajstić information content (AvgIpc) is 3.12. The topological polar surface area (TPSA) is 79.3 Å². The Bertz CT molecular complexity index is 599. The molecule has 1 aliphatic heterocycles. The molecular formula is C20H32O5. The Morgan fingerprint density at radius 2 is 1.96 bits per heavy atom. The van der Waals surface area contributed by atoms with Gasteiger partial charge in [0.25, 0.3) is 0 Å². The number of hydrogen-bond acceptors (Lipinski definition) is 5. The van der Waals surface area contributed by atoms with E-state index < -0.39 is 28.8 Å². The zero-order valence-electron chi connectivity index (χ0n) is 16.2. The van der Waals surface area contributed by atoms with Crippen molar-refractivity contribution in [2.24, 2.45) is 17.3 Å². The molecule has 2 N–H and O–H groups in total. The highest BCUT2D eigenvalue weighted by Gasteiger charge is 2.72. The van der Waals surface area contributed by atoms with Crippen LogP contribution in [-0.4, -0.2) is 45.7 Å². The van der Waals surface area contributed by atoms with Crippen molar-refractivity contribution in [3.63, 3.8) is 0 Å². The van der Waals surface area contributed by atoms with Crippen molar-refractivity contribution in [2.75, 3.05) is 0 Å². The van der Waals surface area contributed by atoms with Gasteiger partial charge in [0.05, 0.1) is 17.3 Å². The second-order valence-corrected chi connectivity index (χ2v) is 9.04. The van der Waals surface area contributed by atoms with Crippen molar-refractivity contribution in [2.45, 2.75) is 90.3 Å². The summed E-state index contributed by atoms with van der Waals surface area (Å²) >= 11 is 0. The lowest BCUT2D eigenvalue weighted by molar-refractivity contribution is -0.171. The van der Waals surface area contributed by atoms with E-state index in [0.717, 1.165) is 0 Å². The highest BCUT2D eigenvalue weighted by Crippen LogP contribution is 2.63. The number of allylic oxidation sites excluding steroid dienone is 1. The van der Waals surface area contributed by atoms with Gasteiger partial charge in [0.1, 0.15) is 12.2 Å². The van der Waals surface area contributed by atoms with E-state index in [1.54, 1.807) is 19.9 Å². The second kappa shape index (κ2) is 5.80. The molecule has 142 valence electrons. The van der Waals surface area contributed by atoms with Crippen molar-refractivity contribution in [1.29, 1.82) is 0 Å². The van der Waals surface area contributed by atoms with Crippen LogP contribution in [0.15, 0.2) is 11.6 Å². The van der Waals surface area contributed by atoms with E-state index in [2.05, 4.69) is 0 Å². The van der Waals surface area contributed by atoms with Crippen LogP contribution in [0.4, 0.5) is 0 Å². The minimum Gasteiger partial charge on any atom is -0.458 e. The van der Waals surface area contributed by atoms with E-state index in [0.29, 0.717) is 24.8 Å². The van der Waals surface area contributed by atoms with E-state index in [4.69, 9.17) is 9.47 Å². The van der Waals surface area contributed by atoms with Gasteiger partial charge in [0.2, 0.25) is 0 Å². The van der Waals surface area contributed by atoms with Gasteiger partial charge >= 0.3 is 5.97 Å². The SMILES string of the molecule is C/C=C(/C)C(=O)OC1CC2(C)OC2C(O)C2(C)CCC(O)(C(C)C)C12. The van der Waals surface area contributed by atoms with Crippen molar-refractivity contribution in [3.05, 3.63) is 11.6 Å². The summed E-state index contributed by atoms with van der Waals surface area (Å²) in [5.74, 6) is -0.652. The minimum atomic E-state index is -0.961. The molecular weight excluding hydrogens is 320 g/mol. The van der Waals surface area contributed by atoms with Crippen molar-refractivity contribution in [3.8, 4) is 0 Å². The highest BCUT2D eigenvalue weighted by molar-refractivity contribution is 5.87. The van der Waals surface area contributed by atoms with Gasteiger partial charge in [-0.25, -0.2) is 4.79 Å². The molecule has 0 aromatic heterocycles. The van der Waals surface area contributed by atoms with Gasteiger partial charge in [0, 0.05) is 23.3 Å². The fourth-order valence-electron chi connectivity index (χ4n) is 5.22. The standard InChI is InChI=1S/C20H32O5/c1-7-12(4)17(22)24-13-10-19(6)16(25-19)15(21)18(5)8-9-20(23,11(2)3)14(13)18/h7,11,13-16,21,23H,8-10H2,1-6H3/b12-7-. The molecule has 0 radical (unpaired) electrons. The summed E-state index contributed by atoms with van der Waals surface area (Å²) in [7, 11) is 0. The smallest absolute Gasteiger partial charge is 0.333 e. The molecule has 0 amide bonds. The predicted molar refractivity (Wildman–Crippen MR) is 93.8 cm³/mol. The highest BCUT2D eigenvalue weighted by atomic mass is 16.6. The van der Waals surface area contributed by atoms with Crippen molar-refractivity contribution >= 4 is 5.97 Å². The summed E-state index contributed by atoms with van der Waals surface area (Å²) in [5, 5.41) is 22.5. The summed E-state index contributed by atoms with van der Waals surface area (Å²) in [4.78, 5) is 12.5. The lowest BCUT2D eigenvalue weighted by atomic mass is 9.66. The van der Waals surface area contributed by atoms with Gasteiger partial charge in [-0.1, -0.05) is 26.8 Å². The first kappa shape index (κ1) is 18.9. The van der Waals surface area contributed by atoms with Gasteiger partial charge in [-0.2, -0.15) is 0 Å². The summed E-state index contributed by atoms with van der Waals surface area (Å²) in [6.07, 6.45) is 2.14. The quantitative estimate of drug-likeness (QED) is 0.464. The number of aliphatic hydroxyl groups excluding tert-OH is 1. The second-order valence-electron chi connectivity index (χ2n) is 9.04. The van der Waals surface area contributed by atoms with Crippen LogP contribution in [0.1, 0.15) is 60.8 Å². The fraction of sp³-hybridized carbons (Fsp3) is 0.850. The number of hydrogen-bond donors (Lipinski definition) is 2. The normalized spacial score (nSPS) is 49.4. The minimum absolute atomic E-state index is 0.0127. The van der Waals surface area contributed by atoms with Crippen molar-refractivity contribution in [1.82, 2.24) is 0 Å². The van der Waals surface area contributed by atoms with Gasteiger partial charge in [0.15, 0.2) is 0 Å². The van der Waals surface area contributed by atoms with Crippen LogP contribution in [0, 0.1) is 17.3 Å². The molecule has 5 heteroatoms. The monoisotopic (exact) mass is 352 g/mol. The van der Waals surface area contributed by atoms with Crippen LogP contribution in [0.3, 0.4) is 0 Å². The third-order valence-electron chi connectivity index (χ3n) is 7.21. The molecule has 2 aliphatic carbocycles. The zero-order valence-corrected chi connectivity index (χ0v) is 16.2. The molecule has 0 spiro atoms. The lowest BCUT2D eigenvalue weighted by Gasteiger charge is -2.45. The summed E-state index contributed by atoms with van der Waals surface area (Å²) in [6.45, 7) is 11.5. The number of carbonyl (C=O) groups is 1. The molecule has 0 bridgehead atoms. The van der Waals surface area contributed by atoms with E-state index in [1.165, 1.54) is 0 Å². The number of carbonyl (C=O) groups excluding carboxylic acids is 1. The number of ether oxygens (including phenoxy) is 2. The predicted octanol–water partition coefficient (Wildman–Crippen LogP) is 2.59. The Morgan fingerprint density at radius 3 is 2.52 bits per heavy atom. The van der Waals surface area contributed by atoms with Gasteiger partial charge < -0.3 is 19.7 Å². The van der Waals surface area contributed by atoms with Crippen LogP contribution >= 0.6 is 0 Å². The molecule has 3 aliphatic rings. The van der Waals surface area contributed by atoms with Gasteiger partial charge in [-0.05, 0) is 39.5 Å². The maximum absolute atomic E-state index is 12.5. The average molecular weight is 352 g/mol. The summed E-state index contributed by atoms with van der Waals surface area (Å²) in [5.41, 5.74) is -1.43.